The highest BCUT2D eigenvalue weighted by Gasteiger charge is 2.69. The molecule has 7 aliphatic rings. The Hall–Kier alpha value is -2.49. The van der Waals surface area contributed by atoms with Crippen LogP contribution in [0.2, 0.25) is 0 Å². The van der Waals surface area contributed by atoms with Gasteiger partial charge in [-0.1, -0.05) is 65.0 Å². The zero-order valence-electron chi connectivity index (χ0n) is 32.2. The summed E-state index contributed by atoms with van der Waals surface area (Å²) in [4.78, 5) is 13.2. The summed E-state index contributed by atoms with van der Waals surface area (Å²) in [5, 5.41) is 0. The SMILES string of the molecule is C=C(C)[C@@H]1CC[C@H](C)[C@@]23CC=C(C)[C@]2(C1)Oc1cc2c(c(C)c1O3)C=C[C@H]1[C@@]2(C)CC[C@@]2(C)[C@@H]3C[C@](C)(C(=O)OC)CC[C@]3(C)CC[C@]12C. The van der Waals surface area contributed by atoms with Gasteiger partial charge in [-0.05, 0) is 142 Å². The monoisotopic (exact) mass is 666 g/mol. The number of hydrogen-bond acceptors (Lipinski definition) is 4. The van der Waals surface area contributed by atoms with Crippen LogP contribution in [0.25, 0.3) is 6.08 Å². The van der Waals surface area contributed by atoms with Crippen LogP contribution in [0.15, 0.2) is 35.9 Å². The lowest BCUT2D eigenvalue weighted by atomic mass is 9.33. The van der Waals surface area contributed by atoms with Crippen LogP contribution in [0, 0.1) is 52.3 Å². The van der Waals surface area contributed by atoms with Gasteiger partial charge in [-0.25, -0.2) is 0 Å². The van der Waals surface area contributed by atoms with E-state index in [1.807, 2.05) is 0 Å². The number of ether oxygens (including phenoxy) is 3. The van der Waals surface area contributed by atoms with Crippen molar-refractivity contribution in [2.45, 2.75) is 150 Å². The third kappa shape index (κ3) is 4.01. The first-order valence-electron chi connectivity index (χ1n) is 19.6. The highest BCUT2D eigenvalue weighted by Crippen LogP contribution is 2.75. The first-order chi connectivity index (χ1) is 22.9. The van der Waals surface area contributed by atoms with Gasteiger partial charge in [0.25, 0.3) is 0 Å². The molecular formula is C45H62O4. The van der Waals surface area contributed by atoms with Crippen LogP contribution in [0.5, 0.6) is 11.5 Å². The van der Waals surface area contributed by atoms with Gasteiger partial charge in [0, 0.05) is 29.7 Å². The predicted molar refractivity (Wildman–Crippen MR) is 198 cm³/mol. The van der Waals surface area contributed by atoms with Crippen LogP contribution in [0.4, 0.5) is 0 Å². The topological polar surface area (TPSA) is 44.8 Å². The van der Waals surface area contributed by atoms with Crippen molar-refractivity contribution in [3.63, 3.8) is 0 Å². The third-order valence-electron chi connectivity index (χ3n) is 17.4. The first-order valence-corrected chi connectivity index (χ1v) is 19.6. The number of carbonyl (C=O) groups is 1. The molecule has 4 nitrogen and oxygen atoms in total. The van der Waals surface area contributed by atoms with Crippen molar-refractivity contribution in [3.8, 4) is 11.5 Å². The number of carbonyl (C=O) groups excluding carboxylic acids is 1. The van der Waals surface area contributed by atoms with Crippen molar-refractivity contribution in [2.24, 2.45) is 45.3 Å². The smallest absolute Gasteiger partial charge is 0.311 e. The summed E-state index contributed by atoms with van der Waals surface area (Å²) >= 11 is 0. The third-order valence-corrected chi connectivity index (χ3v) is 17.4. The lowest BCUT2D eigenvalue weighted by Gasteiger charge is -2.71. The number of benzene rings is 1. The minimum Gasteiger partial charge on any atom is -0.478 e. The number of rotatable bonds is 2. The molecule has 1 aromatic carbocycles. The summed E-state index contributed by atoms with van der Waals surface area (Å²) in [5.41, 5.74) is 5.86. The molecule has 0 bridgehead atoms. The molecule has 0 amide bonds. The fourth-order valence-electron chi connectivity index (χ4n) is 13.7. The van der Waals surface area contributed by atoms with E-state index in [0.717, 1.165) is 62.9 Å². The van der Waals surface area contributed by atoms with Gasteiger partial charge in [0.2, 0.25) is 0 Å². The van der Waals surface area contributed by atoms with E-state index in [1.54, 1.807) is 7.11 Å². The normalized spacial score (nSPS) is 47.6. The lowest BCUT2D eigenvalue weighted by Crippen LogP contribution is -2.65. The molecule has 4 heteroatoms. The highest BCUT2D eigenvalue weighted by molar-refractivity contribution is 5.76. The molecule has 11 atom stereocenters. The highest BCUT2D eigenvalue weighted by atomic mass is 16.6. The maximum absolute atomic E-state index is 13.2. The summed E-state index contributed by atoms with van der Waals surface area (Å²) in [6.45, 7) is 26.1. The minimum absolute atomic E-state index is 0.0146. The van der Waals surface area contributed by atoms with E-state index in [4.69, 9.17) is 14.2 Å². The fraction of sp³-hybridized carbons (Fsp3) is 0.711. The summed E-state index contributed by atoms with van der Waals surface area (Å²) in [5.74, 6) is 3.58. The van der Waals surface area contributed by atoms with E-state index in [2.05, 4.69) is 93.2 Å². The van der Waals surface area contributed by atoms with E-state index in [0.29, 0.717) is 23.7 Å². The standard InChI is InChI=1S/C45H62O4/c1-27(2)31-13-12-28(3)44-17-16-29(4)45(44,25-31)48-34-24-33-32(30(5)37(34)49-44)14-15-35-41(33,8)21-23-43(10)36-26-40(7,38(46)47-11)19-18-39(36,6)20-22-42(35,43)9/h14-16,24,28,31,35-36H,1,12-13,17-23,25-26H2,2-11H3/t28-,31+,35-,36+,39+,40+,41-,42+,43-,44-,45-/m0/s1. The molecule has 49 heavy (non-hydrogen) atoms. The maximum Gasteiger partial charge on any atom is 0.311 e. The maximum atomic E-state index is 13.2. The van der Waals surface area contributed by atoms with E-state index >= 15 is 0 Å². The van der Waals surface area contributed by atoms with Gasteiger partial charge >= 0.3 is 5.97 Å². The van der Waals surface area contributed by atoms with E-state index in [-0.39, 0.29) is 33.2 Å². The van der Waals surface area contributed by atoms with Crippen LogP contribution in [0.3, 0.4) is 0 Å². The molecule has 1 heterocycles. The second kappa shape index (κ2) is 10.3. The molecule has 0 N–H and O–H groups in total. The Bertz CT molecular complexity index is 1700. The Balaban J connectivity index is 1.21. The first kappa shape index (κ1) is 33.6. The summed E-state index contributed by atoms with van der Waals surface area (Å²) in [6, 6.07) is 2.43. The van der Waals surface area contributed by atoms with Crippen molar-refractivity contribution in [1.29, 1.82) is 0 Å². The Morgan fingerprint density at radius 2 is 1.65 bits per heavy atom. The van der Waals surface area contributed by atoms with Crippen LogP contribution in [-0.4, -0.2) is 24.3 Å². The van der Waals surface area contributed by atoms with Crippen molar-refractivity contribution < 1.29 is 19.0 Å². The Morgan fingerprint density at radius 3 is 2.37 bits per heavy atom. The molecule has 4 fully saturated rings. The van der Waals surface area contributed by atoms with Gasteiger partial charge < -0.3 is 14.2 Å². The Morgan fingerprint density at radius 1 is 0.939 bits per heavy atom. The second-order valence-electron chi connectivity index (χ2n) is 19.6. The van der Waals surface area contributed by atoms with Crippen molar-refractivity contribution in [2.75, 3.05) is 7.11 Å². The van der Waals surface area contributed by atoms with E-state index in [9.17, 15) is 4.79 Å². The summed E-state index contributed by atoms with van der Waals surface area (Å²) < 4.78 is 20.4. The van der Waals surface area contributed by atoms with Crippen molar-refractivity contribution in [1.82, 2.24) is 0 Å². The number of allylic oxidation sites excluding steroid dienone is 2. The van der Waals surface area contributed by atoms with Crippen molar-refractivity contribution >= 4 is 12.0 Å². The molecule has 0 saturated heterocycles. The van der Waals surface area contributed by atoms with Gasteiger partial charge in [-0.2, -0.15) is 0 Å². The molecule has 266 valence electrons. The van der Waals surface area contributed by atoms with Gasteiger partial charge in [0.1, 0.15) is 0 Å². The molecule has 0 unspecified atom stereocenters. The number of esters is 1. The van der Waals surface area contributed by atoms with Gasteiger partial charge in [-0.3, -0.25) is 4.79 Å². The van der Waals surface area contributed by atoms with Crippen LogP contribution < -0.4 is 9.47 Å². The van der Waals surface area contributed by atoms with Crippen LogP contribution in [0.1, 0.15) is 143 Å². The summed E-state index contributed by atoms with van der Waals surface area (Å²) in [6.07, 6.45) is 19.3. The van der Waals surface area contributed by atoms with Crippen molar-refractivity contribution in [3.05, 3.63) is 52.6 Å². The average Bonchev–Trinajstić information content (AvgIpc) is 3.27. The zero-order valence-corrected chi connectivity index (χ0v) is 32.2. The zero-order chi connectivity index (χ0) is 35.2. The molecular weight excluding hydrogens is 604 g/mol. The predicted octanol–water partition coefficient (Wildman–Crippen LogP) is 11.1. The van der Waals surface area contributed by atoms with E-state index in [1.165, 1.54) is 47.1 Å². The largest absolute Gasteiger partial charge is 0.478 e. The quantitative estimate of drug-likeness (QED) is 0.233. The van der Waals surface area contributed by atoms with Crippen LogP contribution >= 0.6 is 0 Å². The molecule has 1 aromatic rings. The number of fused-ring (bicyclic) bond motifs is 8. The van der Waals surface area contributed by atoms with Gasteiger partial charge in [0.15, 0.2) is 22.7 Å². The molecule has 0 radical (unpaired) electrons. The molecule has 0 spiro atoms. The molecule has 8 rings (SSSR count). The fourth-order valence-corrected chi connectivity index (χ4v) is 13.7. The van der Waals surface area contributed by atoms with Gasteiger partial charge in [-0.15, -0.1) is 0 Å². The Labute approximate surface area is 296 Å². The summed E-state index contributed by atoms with van der Waals surface area (Å²) in [7, 11) is 1.57. The molecule has 6 aliphatic carbocycles. The van der Waals surface area contributed by atoms with Crippen LogP contribution in [-0.2, 0) is 14.9 Å². The van der Waals surface area contributed by atoms with Gasteiger partial charge in [0.05, 0.1) is 12.5 Å². The number of methoxy groups -OCH3 is 1. The molecule has 1 aliphatic heterocycles. The molecule has 4 saturated carbocycles. The average molecular weight is 667 g/mol. The number of hydrogen-bond donors (Lipinski definition) is 0. The Kier molecular flexibility index (Phi) is 7.08. The minimum atomic E-state index is -0.469. The van der Waals surface area contributed by atoms with E-state index < -0.39 is 11.0 Å². The lowest BCUT2D eigenvalue weighted by molar-refractivity contribution is -0.205. The second-order valence-corrected chi connectivity index (χ2v) is 19.6. The molecule has 0 aromatic heterocycles.